The second-order valence-corrected chi connectivity index (χ2v) is 5.54. The first-order chi connectivity index (χ1) is 13.2. The number of carbonyl (C=O) groups is 1. The number of amides is 1. The van der Waals surface area contributed by atoms with Crippen molar-refractivity contribution in [2.75, 3.05) is 30.8 Å². The van der Waals surface area contributed by atoms with Crippen molar-refractivity contribution in [3.05, 3.63) is 66.6 Å². The van der Waals surface area contributed by atoms with Gasteiger partial charge in [0.2, 0.25) is 0 Å². The van der Waals surface area contributed by atoms with Crippen molar-refractivity contribution >= 4 is 23.4 Å². The van der Waals surface area contributed by atoms with E-state index in [-0.39, 0.29) is 5.91 Å². The van der Waals surface area contributed by atoms with Crippen LogP contribution in [0.1, 0.15) is 10.4 Å². The third-order valence-electron chi connectivity index (χ3n) is 3.64. The van der Waals surface area contributed by atoms with Crippen LogP contribution in [-0.2, 0) is 0 Å². The van der Waals surface area contributed by atoms with E-state index in [1.807, 2.05) is 18.2 Å². The molecule has 3 N–H and O–H groups in total. The summed E-state index contributed by atoms with van der Waals surface area (Å²) in [5.74, 6) is 2.48. The lowest BCUT2D eigenvalue weighted by Gasteiger charge is -2.09. The molecule has 0 aliphatic rings. The fraction of sp³-hybridized carbons (Fsp3) is 0.158. The van der Waals surface area contributed by atoms with Gasteiger partial charge in [-0.05, 0) is 30.3 Å². The molecule has 3 aromatic rings. The number of ether oxygens (including phenoxy) is 1. The lowest BCUT2D eigenvalue weighted by Crippen LogP contribution is -2.28. The maximum atomic E-state index is 12.1. The van der Waals surface area contributed by atoms with Gasteiger partial charge in [-0.1, -0.05) is 12.1 Å². The molecular formula is C19H20N6O2. The Morgan fingerprint density at radius 3 is 2.67 bits per heavy atom. The summed E-state index contributed by atoms with van der Waals surface area (Å²) >= 11 is 0. The highest BCUT2D eigenvalue weighted by molar-refractivity contribution is 5.94. The zero-order valence-corrected chi connectivity index (χ0v) is 14.8. The normalized spacial score (nSPS) is 10.1. The Morgan fingerprint density at radius 1 is 0.963 bits per heavy atom. The van der Waals surface area contributed by atoms with E-state index in [4.69, 9.17) is 4.74 Å². The monoisotopic (exact) mass is 364 g/mol. The summed E-state index contributed by atoms with van der Waals surface area (Å²) in [6, 6.07) is 14.4. The predicted octanol–water partition coefficient (Wildman–Crippen LogP) is 2.47. The number of pyridine rings is 1. The summed E-state index contributed by atoms with van der Waals surface area (Å²) in [5.41, 5.74) is 0.554. The maximum absolute atomic E-state index is 12.1. The molecule has 0 radical (unpaired) electrons. The molecular weight excluding hydrogens is 344 g/mol. The topological polar surface area (TPSA) is 101 Å². The molecule has 0 unspecified atom stereocenters. The second-order valence-electron chi connectivity index (χ2n) is 5.54. The molecule has 0 bridgehead atoms. The number of anilines is 3. The van der Waals surface area contributed by atoms with Crippen LogP contribution in [0.4, 0.5) is 17.5 Å². The van der Waals surface area contributed by atoms with Gasteiger partial charge in [0.15, 0.2) is 0 Å². The van der Waals surface area contributed by atoms with Gasteiger partial charge in [-0.3, -0.25) is 4.79 Å². The minimum atomic E-state index is -0.157. The number of benzene rings is 1. The molecule has 0 spiro atoms. The van der Waals surface area contributed by atoms with Crippen molar-refractivity contribution in [3.8, 4) is 5.75 Å². The molecule has 1 amide bonds. The van der Waals surface area contributed by atoms with Crippen molar-refractivity contribution in [1.82, 2.24) is 20.3 Å². The number of nitrogens with zero attached hydrogens (tertiary/aromatic N) is 3. The number of hydrogen-bond acceptors (Lipinski definition) is 7. The molecule has 0 saturated carbocycles. The van der Waals surface area contributed by atoms with Crippen molar-refractivity contribution in [2.45, 2.75) is 0 Å². The summed E-state index contributed by atoms with van der Waals surface area (Å²) in [6.07, 6.45) is 3.16. The van der Waals surface area contributed by atoms with Gasteiger partial charge in [-0.2, -0.15) is 0 Å². The number of methoxy groups -OCH3 is 1. The Balaban J connectivity index is 1.47. The largest absolute Gasteiger partial charge is 0.497 e. The van der Waals surface area contributed by atoms with Crippen LogP contribution in [0.5, 0.6) is 5.75 Å². The highest BCUT2D eigenvalue weighted by Crippen LogP contribution is 2.14. The Morgan fingerprint density at radius 2 is 1.85 bits per heavy atom. The molecule has 138 valence electrons. The van der Waals surface area contributed by atoms with Crippen LogP contribution >= 0.6 is 0 Å². The van der Waals surface area contributed by atoms with Crippen LogP contribution in [0.2, 0.25) is 0 Å². The van der Waals surface area contributed by atoms with E-state index in [0.29, 0.717) is 41.9 Å². The molecule has 2 heterocycles. The van der Waals surface area contributed by atoms with Crippen LogP contribution in [0.25, 0.3) is 0 Å². The van der Waals surface area contributed by atoms with Crippen molar-refractivity contribution in [1.29, 1.82) is 0 Å². The number of aromatic nitrogens is 3. The van der Waals surface area contributed by atoms with Gasteiger partial charge in [-0.15, -0.1) is 0 Å². The van der Waals surface area contributed by atoms with Gasteiger partial charge >= 0.3 is 0 Å². The molecule has 0 saturated heterocycles. The summed E-state index contributed by atoms with van der Waals surface area (Å²) in [6.45, 7) is 0.971. The minimum Gasteiger partial charge on any atom is -0.497 e. The van der Waals surface area contributed by atoms with E-state index in [1.165, 1.54) is 6.33 Å². The van der Waals surface area contributed by atoms with E-state index in [1.54, 1.807) is 43.6 Å². The molecule has 0 aliphatic heterocycles. The van der Waals surface area contributed by atoms with Gasteiger partial charge in [0.05, 0.1) is 7.11 Å². The van der Waals surface area contributed by atoms with Gasteiger partial charge in [0, 0.05) is 30.9 Å². The highest BCUT2D eigenvalue weighted by atomic mass is 16.5. The molecule has 27 heavy (non-hydrogen) atoms. The Hall–Kier alpha value is -3.68. The fourth-order valence-corrected chi connectivity index (χ4v) is 2.32. The quantitative estimate of drug-likeness (QED) is 0.528. The SMILES string of the molecule is COc1cccc(C(=O)NCCNc2cc(Nc3ccccn3)ncn2)c1. The Labute approximate surface area is 157 Å². The van der Waals surface area contributed by atoms with Crippen molar-refractivity contribution in [2.24, 2.45) is 0 Å². The van der Waals surface area contributed by atoms with Crippen molar-refractivity contribution < 1.29 is 9.53 Å². The number of hydrogen-bond donors (Lipinski definition) is 3. The average molecular weight is 364 g/mol. The third kappa shape index (κ3) is 5.40. The lowest BCUT2D eigenvalue weighted by molar-refractivity contribution is 0.0955. The molecule has 0 atom stereocenters. The minimum absolute atomic E-state index is 0.157. The molecule has 0 fully saturated rings. The smallest absolute Gasteiger partial charge is 0.251 e. The first-order valence-corrected chi connectivity index (χ1v) is 8.41. The fourth-order valence-electron chi connectivity index (χ4n) is 2.32. The number of nitrogens with one attached hydrogen (secondary N) is 3. The molecule has 1 aromatic carbocycles. The zero-order valence-electron chi connectivity index (χ0n) is 14.8. The van der Waals surface area contributed by atoms with Crippen LogP contribution in [0.3, 0.4) is 0 Å². The van der Waals surface area contributed by atoms with Crippen LogP contribution < -0.4 is 20.7 Å². The summed E-state index contributed by atoms with van der Waals surface area (Å²) in [5, 5.41) is 9.10. The highest BCUT2D eigenvalue weighted by Gasteiger charge is 2.06. The number of rotatable bonds is 8. The molecule has 2 aromatic heterocycles. The Kier molecular flexibility index (Phi) is 6.13. The first-order valence-electron chi connectivity index (χ1n) is 8.41. The maximum Gasteiger partial charge on any atom is 0.251 e. The molecule has 8 heteroatoms. The summed E-state index contributed by atoms with van der Waals surface area (Å²) in [7, 11) is 1.57. The average Bonchev–Trinajstić information content (AvgIpc) is 2.72. The van der Waals surface area contributed by atoms with Gasteiger partial charge in [0.1, 0.15) is 29.5 Å². The molecule has 3 rings (SSSR count). The van der Waals surface area contributed by atoms with Crippen molar-refractivity contribution in [3.63, 3.8) is 0 Å². The van der Waals surface area contributed by atoms with Crippen LogP contribution in [-0.4, -0.2) is 41.1 Å². The standard InChI is InChI=1S/C19H20N6O2/c1-27-15-6-4-5-14(11-15)19(26)22-10-9-21-17-12-18(24-13-23-17)25-16-7-2-3-8-20-16/h2-8,11-13H,9-10H2,1H3,(H,22,26)(H2,20,21,23,24,25). The zero-order chi connectivity index (χ0) is 18.9. The van der Waals surface area contributed by atoms with Gasteiger partial charge < -0.3 is 20.7 Å². The van der Waals surface area contributed by atoms with E-state index >= 15 is 0 Å². The van der Waals surface area contributed by atoms with Crippen LogP contribution in [0.15, 0.2) is 61.1 Å². The van der Waals surface area contributed by atoms with E-state index in [2.05, 4.69) is 30.9 Å². The van der Waals surface area contributed by atoms with Crippen LogP contribution in [0, 0.1) is 0 Å². The van der Waals surface area contributed by atoms with E-state index in [0.717, 1.165) is 0 Å². The Bertz CT molecular complexity index is 888. The molecule has 0 aliphatic carbocycles. The summed E-state index contributed by atoms with van der Waals surface area (Å²) < 4.78 is 5.13. The van der Waals surface area contributed by atoms with Gasteiger partial charge in [0.25, 0.3) is 5.91 Å². The first kappa shape index (κ1) is 18.1. The number of carbonyl (C=O) groups excluding carboxylic acids is 1. The van der Waals surface area contributed by atoms with Gasteiger partial charge in [-0.25, -0.2) is 15.0 Å². The van der Waals surface area contributed by atoms with E-state index < -0.39 is 0 Å². The third-order valence-corrected chi connectivity index (χ3v) is 3.64. The second kappa shape index (κ2) is 9.14. The summed E-state index contributed by atoms with van der Waals surface area (Å²) in [4.78, 5) is 24.7. The lowest BCUT2D eigenvalue weighted by atomic mass is 10.2. The molecule has 8 nitrogen and oxygen atoms in total. The van der Waals surface area contributed by atoms with E-state index in [9.17, 15) is 4.79 Å². The predicted molar refractivity (Wildman–Crippen MR) is 103 cm³/mol.